The summed E-state index contributed by atoms with van der Waals surface area (Å²) in [7, 11) is 0. The van der Waals surface area contributed by atoms with Crippen LogP contribution in [0.3, 0.4) is 0 Å². The van der Waals surface area contributed by atoms with Crippen LogP contribution in [0.25, 0.3) is 10.8 Å². The lowest BCUT2D eigenvalue weighted by atomic mass is 9.63. The summed E-state index contributed by atoms with van der Waals surface area (Å²) in [6, 6.07) is 10.2. The first-order valence-corrected chi connectivity index (χ1v) is 12.2. The van der Waals surface area contributed by atoms with Crippen molar-refractivity contribution in [3.63, 3.8) is 0 Å². The van der Waals surface area contributed by atoms with Gasteiger partial charge in [0, 0.05) is 5.39 Å². The number of benzene rings is 2. The van der Waals surface area contributed by atoms with E-state index in [0.717, 1.165) is 23.1 Å². The molecule has 0 spiro atoms. The van der Waals surface area contributed by atoms with Gasteiger partial charge in [0.2, 0.25) is 0 Å². The fraction of sp³-hybridized carbons (Fsp3) is 0.571. The summed E-state index contributed by atoms with van der Waals surface area (Å²) in [6.07, 6.45) is 16.3. The van der Waals surface area contributed by atoms with Crippen LogP contribution in [0.4, 0.5) is 4.39 Å². The Kier molecular flexibility index (Phi) is 7.12. The molecule has 4 atom stereocenters. The largest absolute Gasteiger partial charge is 0.486 e. The second-order valence-corrected chi connectivity index (χ2v) is 9.59. The first-order chi connectivity index (χ1) is 14.7. The highest BCUT2D eigenvalue weighted by Crippen LogP contribution is 2.48. The van der Waals surface area contributed by atoms with Gasteiger partial charge in [-0.05, 0) is 79.7 Å². The van der Waals surface area contributed by atoms with Crippen molar-refractivity contribution in [3.05, 3.63) is 53.9 Å². The normalized spacial score (nSPS) is 26.8. The lowest BCUT2D eigenvalue weighted by molar-refractivity contribution is 0.113. The van der Waals surface area contributed by atoms with E-state index in [9.17, 15) is 4.39 Å². The van der Waals surface area contributed by atoms with E-state index < -0.39 is 0 Å². The molecule has 2 aliphatic rings. The molecule has 4 rings (SSSR count). The van der Waals surface area contributed by atoms with Crippen molar-refractivity contribution in [3.8, 4) is 5.75 Å². The fourth-order valence-electron chi connectivity index (χ4n) is 5.93. The van der Waals surface area contributed by atoms with Gasteiger partial charge < -0.3 is 4.74 Å². The molecular weight excluding hydrogens is 371 g/mol. The van der Waals surface area contributed by atoms with Crippen molar-refractivity contribution in [2.75, 3.05) is 6.61 Å². The number of fused-ring (bicyclic) bond motifs is 2. The number of ether oxygens (including phenoxy) is 1. The van der Waals surface area contributed by atoms with E-state index in [4.69, 9.17) is 4.74 Å². The Morgan fingerprint density at radius 2 is 1.87 bits per heavy atom. The minimum Gasteiger partial charge on any atom is -0.486 e. The molecule has 0 bridgehead atoms. The summed E-state index contributed by atoms with van der Waals surface area (Å²) in [5, 5.41) is 1.66. The van der Waals surface area contributed by atoms with E-state index in [-0.39, 0.29) is 5.82 Å². The molecule has 0 aliphatic heterocycles. The first kappa shape index (κ1) is 21.4. The zero-order chi connectivity index (χ0) is 20.9. The maximum atomic E-state index is 14.9. The Hall–Kier alpha value is -1.83. The molecular formula is C28H37FO. The molecule has 162 valence electrons. The van der Waals surface area contributed by atoms with Crippen molar-refractivity contribution in [2.45, 2.75) is 77.6 Å². The van der Waals surface area contributed by atoms with Crippen molar-refractivity contribution < 1.29 is 9.13 Å². The van der Waals surface area contributed by atoms with E-state index in [1.54, 1.807) is 6.07 Å². The number of allylic oxidation sites excluding steroid dienone is 1. The van der Waals surface area contributed by atoms with E-state index in [2.05, 4.69) is 19.1 Å². The second kappa shape index (κ2) is 9.98. The molecule has 2 saturated carbocycles. The number of hydrogen-bond acceptors (Lipinski definition) is 1. The van der Waals surface area contributed by atoms with Gasteiger partial charge in [0.25, 0.3) is 0 Å². The Morgan fingerprint density at radius 1 is 1.03 bits per heavy atom. The zero-order valence-electron chi connectivity index (χ0n) is 18.7. The molecule has 0 heterocycles. The average molecular weight is 409 g/mol. The van der Waals surface area contributed by atoms with Crippen LogP contribution < -0.4 is 4.74 Å². The quantitative estimate of drug-likeness (QED) is 0.418. The van der Waals surface area contributed by atoms with Crippen LogP contribution in [-0.2, 0) is 0 Å². The average Bonchev–Trinajstić information content (AvgIpc) is 2.78. The van der Waals surface area contributed by atoms with Gasteiger partial charge in [0.15, 0.2) is 11.6 Å². The molecule has 30 heavy (non-hydrogen) atoms. The predicted molar refractivity (Wildman–Crippen MR) is 125 cm³/mol. The van der Waals surface area contributed by atoms with Gasteiger partial charge in [0.05, 0.1) is 0 Å². The number of hydrogen-bond donors (Lipinski definition) is 0. The van der Waals surface area contributed by atoms with Crippen molar-refractivity contribution in [2.24, 2.45) is 17.8 Å². The number of unbranched alkanes of at least 4 members (excludes halogenated alkanes) is 1. The van der Waals surface area contributed by atoms with Gasteiger partial charge >= 0.3 is 0 Å². The molecule has 2 aliphatic carbocycles. The van der Waals surface area contributed by atoms with Gasteiger partial charge in [-0.3, -0.25) is 0 Å². The molecule has 0 saturated heterocycles. The van der Waals surface area contributed by atoms with Crippen LogP contribution in [-0.4, -0.2) is 6.61 Å². The molecule has 0 radical (unpaired) electrons. The van der Waals surface area contributed by atoms with E-state index in [0.29, 0.717) is 23.7 Å². The molecule has 0 amide bonds. The van der Waals surface area contributed by atoms with Gasteiger partial charge in [0.1, 0.15) is 6.61 Å². The van der Waals surface area contributed by atoms with E-state index in [1.165, 1.54) is 63.4 Å². The smallest absolute Gasteiger partial charge is 0.172 e. The van der Waals surface area contributed by atoms with Crippen molar-refractivity contribution in [1.29, 1.82) is 0 Å². The molecule has 2 aromatic rings. The molecule has 1 nitrogen and oxygen atoms in total. The first-order valence-electron chi connectivity index (χ1n) is 12.2. The summed E-state index contributed by atoms with van der Waals surface area (Å²) in [5.41, 5.74) is 1.40. The lowest BCUT2D eigenvalue weighted by Crippen LogP contribution is -2.30. The van der Waals surface area contributed by atoms with Crippen LogP contribution >= 0.6 is 0 Å². The highest BCUT2D eigenvalue weighted by Gasteiger charge is 2.35. The summed E-state index contributed by atoms with van der Waals surface area (Å²) in [4.78, 5) is 0. The van der Waals surface area contributed by atoms with Crippen LogP contribution in [0, 0.1) is 23.6 Å². The minimum absolute atomic E-state index is 0.238. The third kappa shape index (κ3) is 4.74. The molecule has 2 heteroatoms. The molecule has 0 N–H and O–H groups in total. The number of rotatable bonds is 7. The zero-order valence-corrected chi connectivity index (χ0v) is 18.7. The van der Waals surface area contributed by atoms with Gasteiger partial charge in [-0.2, -0.15) is 0 Å². The van der Waals surface area contributed by atoms with Crippen LogP contribution in [0.1, 0.15) is 83.1 Å². The molecule has 4 unspecified atom stereocenters. The number of halogens is 1. The maximum absolute atomic E-state index is 14.9. The highest BCUT2D eigenvalue weighted by atomic mass is 19.1. The van der Waals surface area contributed by atoms with Crippen molar-refractivity contribution in [1.82, 2.24) is 0 Å². The fourth-order valence-corrected chi connectivity index (χ4v) is 5.93. The minimum atomic E-state index is -0.238. The topological polar surface area (TPSA) is 9.23 Å². The Balaban J connectivity index is 1.43. The monoisotopic (exact) mass is 408 g/mol. The van der Waals surface area contributed by atoms with Crippen LogP contribution in [0.5, 0.6) is 5.75 Å². The van der Waals surface area contributed by atoms with E-state index in [1.807, 2.05) is 31.2 Å². The van der Waals surface area contributed by atoms with Crippen molar-refractivity contribution >= 4 is 10.8 Å². The molecule has 2 fully saturated rings. The highest BCUT2D eigenvalue weighted by molar-refractivity contribution is 5.85. The lowest BCUT2D eigenvalue weighted by Gasteiger charge is -2.42. The maximum Gasteiger partial charge on any atom is 0.172 e. The standard InChI is InChI=1S/C28H37FO/c1-3-5-7-20-8-9-22-18-23(11-10-21(22)17-20)24-12-14-26-25(19-24)13-15-27(28(26)29)30-16-6-4-2/h4,6,12-15,19-23H,3,5,7-11,16-18H2,1-2H3/b6-4+. The SMILES string of the molecule is C/C=C/COc1ccc2cc(C3CCC4CC(CCCC)CCC4C3)ccc2c1F. The Labute approximate surface area is 181 Å². The summed E-state index contributed by atoms with van der Waals surface area (Å²) < 4.78 is 20.4. The summed E-state index contributed by atoms with van der Waals surface area (Å²) >= 11 is 0. The molecule has 2 aromatic carbocycles. The van der Waals surface area contributed by atoms with Gasteiger partial charge in [-0.1, -0.05) is 69.0 Å². The van der Waals surface area contributed by atoms with Gasteiger partial charge in [-0.15, -0.1) is 0 Å². The van der Waals surface area contributed by atoms with Crippen LogP contribution in [0.2, 0.25) is 0 Å². The van der Waals surface area contributed by atoms with Crippen LogP contribution in [0.15, 0.2) is 42.5 Å². The van der Waals surface area contributed by atoms with E-state index >= 15 is 0 Å². The summed E-state index contributed by atoms with van der Waals surface area (Å²) in [6.45, 7) is 4.65. The predicted octanol–water partition coefficient (Wildman–Crippen LogP) is 8.42. The third-order valence-electron chi connectivity index (χ3n) is 7.67. The Bertz CT molecular complexity index is 870. The second-order valence-electron chi connectivity index (χ2n) is 9.59. The summed E-state index contributed by atoms with van der Waals surface area (Å²) in [5.74, 6) is 3.57. The Morgan fingerprint density at radius 3 is 2.70 bits per heavy atom. The van der Waals surface area contributed by atoms with Gasteiger partial charge in [-0.25, -0.2) is 4.39 Å². The third-order valence-corrected chi connectivity index (χ3v) is 7.67. The molecule has 0 aromatic heterocycles.